The highest BCUT2D eigenvalue weighted by Gasteiger charge is 2.36. The van der Waals surface area contributed by atoms with Gasteiger partial charge in [-0.05, 0) is 32.6 Å². The van der Waals surface area contributed by atoms with Crippen LogP contribution in [0.15, 0.2) is 0 Å². The molecule has 0 aliphatic heterocycles. The molecule has 4 nitrogen and oxygen atoms in total. The Morgan fingerprint density at radius 2 is 1.86 bits per heavy atom. The Kier molecular flexibility index (Phi) is 4.58. The smallest absolute Gasteiger partial charge is 0.333 e. The molecule has 1 fully saturated rings. The minimum Gasteiger partial charge on any atom is -0.392 e. The van der Waals surface area contributed by atoms with Crippen LogP contribution in [0.4, 0.5) is 0 Å². The van der Waals surface area contributed by atoms with E-state index in [2.05, 4.69) is 0 Å². The number of aliphatic hydroxyl groups is 1. The van der Waals surface area contributed by atoms with E-state index < -0.39 is 13.7 Å². The monoisotopic (exact) mass is 222 g/mol. The molecule has 0 radical (unpaired) electrons. The molecule has 1 aliphatic carbocycles. The van der Waals surface area contributed by atoms with E-state index in [4.69, 9.17) is 9.05 Å². The largest absolute Gasteiger partial charge is 0.392 e. The van der Waals surface area contributed by atoms with Crippen molar-refractivity contribution >= 4 is 7.60 Å². The third kappa shape index (κ3) is 3.70. The summed E-state index contributed by atoms with van der Waals surface area (Å²) in [5.41, 5.74) is 0. The van der Waals surface area contributed by atoms with E-state index in [1.807, 2.05) is 0 Å². The summed E-state index contributed by atoms with van der Waals surface area (Å²) < 4.78 is 22.1. The highest BCUT2D eigenvalue weighted by molar-refractivity contribution is 7.53. The van der Waals surface area contributed by atoms with Crippen LogP contribution in [0.3, 0.4) is 0 Å². The first-order chi connectivity index (χ1) is 6.61. The first-order valence-electron chi connectivity index (χ1n) is 5.17. The van der Waals surface area contributed by atoms with Gasteiger partial charge in [-0.3, -0.25) is 4.57 Å². The van der Waals surface area contributed by atoms with Crippen molar-refractivity contribution < 1.29 is 18.7 Å². The molecule has 1 N–H and O–H groups in total. The van der Waals surface area contributed by atoms with Gasteiger partial charge in [0.25, 0.3) is 0 Å². The lowest BCUT2D eigenvalue weighted by molar-refractivity contribution is 0.152. The second-order valence-corrected chi connectivity index (χ2v) is 5.64. The first kappa shape index (κ1) is 12.2. The van der Waals surface area contributed by atoms with Crippen LogP contribution in [0.25, 0.3) is 0 Å². The normalized spacial score (nSPS) is 19.6. The van der Waals surface area contributed by atoms with Crippen molar-refractivity contribution in [1.82, 2.24) is 0 Å². The van der Waals surface area contributed by atoms with Gasteiger partial charge >= 0.3 is 7.60 Å². The van der Waals surface area contributed by atoms with Gasteiger partial charge in [0.05, 0.1) is 25.5 Å². The van der Waals surface area contributed by atoms with Gasteiger partial charge in [-0.15, -0.1) is 0 Å². The molecule has 0 bridgehead atoms. The molecule has 0 spiro atoms. The standard InChI is InChI=1S/C9H19O4P/c1-3-12-14(11,13-4-2)7-9(10)8-5-6-8/h8-10H,3-7H2,1-2H3/t9-/m1/s1. The molecule has 5 heteroatoms. The van der Waals surface area contributed by atoms with Crippen LogP contribution >= 0.6 is 7.60 Å². The molecule has 84 valence electrons. The topological polar surface area (TPSA) is 55.8 Å². The summed E-state index contributed by atoms with van der Waals surface area (Å²) >= 11 is 0. The van der Waals surface area contributed by atoms with Crippen molar-refractivity contribution in [2.75, 3.05) is 19.4 Å². The molecule has 0 amide bonds. The van der Waals surface area contributed by atoms with Crippen LogP contribution in [0.2, 0.25) is 0 Å². The zero-order valence-corrected chi connectivity index (χ0v) is 9.70. The van der Waals surface area contributed by atoms with Crippen LogP contribution in [0.5, 0.6) is 0 Å². The van der Waals surface area contributed by atoms with Gasteiger partial charge < -0.3 is 14.2 Å². The molecule has 0 aromatic heterocycles. The van der Waals surface area contributed by atoms with E-state index >= 15 is 0 Å². The minimum atomic E-state index is -3.04. The van der Waals surface area contributed by atoms with Gasteiger partial charge in [-0.25, -0.2) is 0 Å². The van der Waals surface area contributed by atoms with Gasteiger partial charge in [0.15, 0.2) is 0 Å². The highest BCUT2D eigenvalue weighted by Crippen LogP contribution is 2.51. The zero-order chi connectivity index (χ0) is 10.6. The Hall–Kier alpha value is 0.110. The van der Waals surface area contributed by atoms with Crippen LogP contribution in [-0.4, -0.2) is 30.6 Å². The van der Waals surface area contributed by atoms with E-state index in [0.29, 0.717) is 19.1 Å². The second-order valence-electron chi connectivity index (χ2n) is 3.53. The molecule has 1 saturated carbocycles. The molecule has 0 aromatic carbocycles. The molecule has 1 rings (SSSR count). The van der Waals surface area contributed by atoms with Crippen LogP contribution in [-0.2, 0) is 13.6 Å². The number of aliphatic hydroxyl groups excluding tert-OH is 1. The van der Waals surface area contributed by atoms with E-state index in [1.54, 1.807) is 13.8 Å². The van der Waals surface area contributed by atoms with Gasteiger partial charge in [0, 0.05) is 0 Å². The zero-order valence-electron chi connectivity index (χ0n) is 8.81. The fourth-order valence-corrected chi connectivity index (χ4v) is 3.22. The van der Waals surface area contributed by atoms with Gasteiger partial charge in [0.2, 0.25) is 0 Å². The lowest BCUT2D eigenvalue weighted by Crippen LogP contribution is -2.17. The molecule has 0 heterocycles. The summed E-state index contributed by atoms with van der Waals surface area (Å²) in [5.74, 6) is 0.309. The van der Waals surface area contributed by atoms with Crippen LogP contribution in [0.1, 0.15) is 26.7 Å². The summed E-state index contributed by atoms with van der Waals surface area (Å²) in [7, 11) is -3.04. The Balaban J connectivity index is 2.44. The van der Waals surface area contributed by atoms with Crippen molar-refractivity contribution in [3.63, 3.8) is 0 Å². The molecular weight excluding hydrogens is 203 g/mol. The lowest BCUT2D eigenvalue weighted by Gasteiger charge is -2.19. The first-order valence-corrected chi connectivity index (χ1v) is 6.90. The minimum absolute atomic E-state index is 0.138. The maximum absolute atomic E-state index is 12.0. The van der Waals surface area contributed by atoms with E-state index in [1.165, 1.54) is 0 Å². The Morgan fingerprint density at radius 1 is 1.36 bits per heavy atom. The highest BCUT2D eigenvalue weighted by atomic mass is 31.2. The summed E-state index contributed by atoms with van der Waals surface area (Å²) in [6.07, 6.45) is 1.66. The van der Waals surface area contributed by atoms with E-state index in [9.17, 15) is 9.67 Å². The summed E-state index contributed by atoms with van der Waals surface area (Å²) in [6.45, 7) is 4.26. The van der Waals surface area contributed by atoms with E-state index in [0.717, 1.165) is 12.8 Å². The van der Waals surface area contributed by atoms with Crippen LogP contribution in [0, 0.1) is 5.92 Å². The predicted molar refractivity (Wildman–Crippen MR) is 54.5 cm³/mol. The predicted octanol–water partition coefficient (Wildman–Crippen LogP) is 2.02. The van der Waals surface area contributed by atoms with Crippen molar-refractivity contribution in [3.8, 4) is 0 Å². The fraction of sp³-hybridized carbons (Fsp3) is 1.00. The SMILES string of the molecule is CCOP(=O)(C[C@@H](O)C1CC1)OCC. The average molecular weight is 222 g/mol. The van der Waals surface area contributed by atoms with Crippen molar-refractivity contribution in [2.24, 2.45) is 5.92 Å². The quantitative estimate of drug-likeness (QED) is 0.669. The maximum Gasteiger partial charge on any atom is 0.333 e. The molecule has 14 heavy (non-hydrogen) atoms. The Morgan fingerprint density at radius 3 is 2.21 bits per heavy atom. The van der Waals surface area contributed by atoms with Crippen molar-refractivity contribution in [1.29, 1.82) is 0 Å². The van der Waals surface area contributed by atoms with Crippen molar-refractivity contribution in [3.05, 3.63) is 0 Å². The number of rotatable bonds is 7. The molecular formula is C9H19O4P. The average Bonchev–Trinajstić information content (AvgIpc) is 2.85. The van der Waals surface area contributed by atoms with Crippen LogP contribution < -0.4 is 0 Å². The number of hydrogen-bond acceptors (Lipinski definition) is 4. The second kappa shape index (κ2) is 5.26. The van der Waals surface area contributed by atoms with Gasteiger partial charge in [0.1, 0.15) is 0 Å². The van der Waals surface area contributed by atoms with E-state index in [-0.39, 0.29) is 6.16 Å². The van der Waals surface area contributed by atoms with Crippen molar-refractivity contribution in [2.45, 2.75) is 32.8 Å². The maximum atomic E-state index is 12.0. The third-order valence-corrected chi connectivity index (χ3v) is 4.35. The molecule has 1 aliphatic rings. The summed E-state index contributed by atoms with van der Waals surface area (Å²) in [6, 6.07) is 0. The summed E-state index contributed by atoms with van der Waals surface area (Å²) in [4.78, 5) is 0. The Labute approximate surface area is 85.1 Å². The lowest BCUT2D eigenvalue weighted by atomic mass is 10.3. The molecule has 0 unspecified atom stereocenters. The Bertz CT molecular complexity index is 205. The third-order valence-electron chi connectivity index (χ3n) is 2.23. The van der Waals surface area contributed by atoms with Gasteiger partial charge in [-0.2, -0.15) is 0 Å². The molecule has 1 atom stereocenters. The number of hydrogen-bond donors (Lipinski definition) is 1. The molecule has 0 aromatic rings. The van der Waals surface area contributed by atoms with Gasteiger partial charge in [-0.1, -0.05) is 0 Å². The summed E-state index contributed by atoms with van der Waals surface area (Å²) in [5, 5.41) is 9.65. The molecule has 0 saturated heterocycles. The fourth-order valence-electron chi connectivity index (χ4n) is 1.40.